The number of rotatable bonds is 4. The lowest BCUT2D eigenvalue weighted by Gasteiger charge is -2.34. The lowest BCUT2D eigenvalue weighted by molar-refractivity contribution is -0.124. The van der Waals surface area contributed by atoms with E-state index in [1.165, 1.54) is 17.4 Å². The van der Waals surface area contributed by atoms with E-state index in [1.54, 1.807) is 0 Å². The molecular formula is C17H25ClN2O3S. The van der Waals surface area contributed by atoms with Gasteiger partial charge in [-0.05, 0) is 49.9 Å². The molecule has 2 aliphatic rings. The Hall–Kier alpha value is -1.11. The van der Waals surface area contributed by atoms with E-state index in [0.29, 0.717) is 32.5 Å². The summed E-state index contributed by atoms with van der Waals surface area (Å²) in [5, 5.41) is 6.07. The summed E-state index contributed by atoms with van der Waals surface area (Å²) < 4.78 is 23.2. The topological polar surface area (TPSA) is 75.3 Å². The number of sulfone groups is 1. The van der Waals surface area contributed by atoms with Crippen LogP contribution in [-0.2, 0) is 21.1 Å². The summed E-state index contributed by atoms with van der Waals surface area (Å²) in [4.78, 5) is 12.7. The van der Waals surface area contributed by atoms with E-state index >= 15 is 0 Å². The maximum Gasteiger partial charge on any atom is 0.241 e. The summed E-state index contributed by atoms with van der Waals surface area (Å²) in [5.41, 5.74) is 2.62. The van der Waals surface area contributed by atoms with Crippen molar-refractivity contribution >= 4 is 28.2 Å². The quantitative estimate of drug-likeness (QED) is 0.838. The molecule has 5 nitrogen and oxygen atoms in total. The Morgan fingerprint density at radius 2 is 1.96 bits per heavy atom. The predicted molar refractivity (Wildman–Crippen MR) is 97.4 cm³/mol. The summed E-state index contributed by atoms with van der Waals surface area (Å²) in [7, 11) is -3.45. The van der Waals surface area contributed by atoms with Crippen LogP contribution in [0.5, 0.6) is 0 Å². The molecule has 1 unspecified atom stereocenters. The number of aryl methyl sites for hydroxylation is 1. The first-order valence-electron chi connectivity index (χ1n) is 8.20. The van der Waals surface area contributed by atoms with Gasteiger partial charge in [0, 0.05) is 18.7 Å². The molecule has 0 bridgehead atoms. The van der Waals surface area contributed by atoms with Crippen molar-refractivity contribution in [2.24, 2.45) is 0 Å². The zero-order chi connectivity index (χ0) is 16.5. The summed E-state index contributed by atoms with van der Waals surface area (Å²) in [6.07, 6.45) is 3.91. The molecule has 0 saturated carbocycles. The molecule has 3 rings (SSSR count). The van der Waals surface area contributed by atoms with Crippen LogP contribution < -0.4 is 10.6 Å². The largest absolute Gasteiger partial charge is 0.354 e. The van der Waals surface area contributed by atoms with Crippen LogP contribution in [-0.4, -0.2) is 45.0 Å². The van der Waals surface area contributed by atoms with Gasteiger partial charge < -0.3 is 10.6 Å². The molecule has 1 aromatic carbocycles. The number of nitrogens with one attached hydrogen (secondary N) is 2. The van der Waals surface area contributed by atoms with Gasteiger partial charge >= 0.3 is 0 Å². The minimum Gasteiger partial charge on any atom is -0.354 e. The van der Waals surface area contributed by atoms with Gasteiger partial charge in [0.15, 0.2) is 14.6 Å². The van der Waals surface area contributed by atoms with Crippen LogP contribution in [0, 0.1) is 0 Å². The van der Waals surface area contributed by atoms with Gasteiger partial charge in [0.1, 0.15) is 0 Å². The molecule has 1 aliphatic carbocycles. The van der Waals surface area contributed by atoms with Crippen LogP contribution in [0.2, 0.25) is 0 Å². The van der Waals surface area contributed by atoms with Crippen molar-refractivity contribution in [2.75, 3.05) is 25.9 Å². The van der Waals surface area contributed by atoms with Gasteiger partial charge in [0.05, 0.1) is 0 Å². The molecule has 1 aliphatic heterocycles. The normalized spacial score (nSPS) is 22.3. The third-order valence-corrected chi connectivity index (χ3v) is 7.31. The smallest absolute Gasteiger partial charge is 0.241 e. The van der Waals surface area contributed by atoms with Crippen molar-refractivity contribution in [1.29, 1.82) is 0 Å². The molecular weight excluding hydrogens is 348 g/mol. The zero-order valence-electron chi connectivity index (χ0n) is 13.9. The molecule has 0 spiro atoms. The standard InChI is InChI=1S/C17H24N2O3S.ClH/c1-23(21,22)17(8-10-18-11-9-17)16(20)19-12-14-7-6-13-4-2-3-5-15(13)14;/h2-5,14,18H,6-12H2,1H3,(H,19,20);1H. The highest BCUT2D eigenvalue weighted by Crippen LogP contribution is 2.33. The van der Waals surface area contributed by atoms with Gasteiger partial charge in [-0.2, -0.15) is 0 Å². The SMILES string of the molecule is CS(=O)(=O)C1(C(=O)NCC2CCc3ccccc32)CCNCC1.Cl. The maximum atomic E-state index is 12.7. The Kier molecular flexibility index (Phi) is 5.94. The first-order chi connectivity index (χ1) is 10.9. The van der Waals surface area contributed by atoms with Gasteiger partial charge in [-0.3, -0.25) is 4.79 Å². The van der Waals surface area contributed by atoms with Crippen molar-refractivity contribution in [3.8, 4) is 0 Å². The molecule has 2 N–H and O–H groups in total. The number of hydrogen-bond donors (Lipinski definition) is 2. The molecule has 1 fully saturated rings. The number of amides is 1. The Labute approximate surface area is 149 Å². The fourth-order valence-electron chi connectivity index (χ4n) is 3.83. The average Bonchev–Trinajstić information content (AvgIpc) is 2.95. The fraction of sp³-hybridized carbons (Fsp3) is 0.588. The predicted octanol–water partition coefficient (Wildman–Crippen LogP) is 1.42. The van der Waals surface area contributed by atoms with Crippen molar-refractivity contribution in [1.82, 2.24) is 10.6 Å². The third kappa shape index (κ3) is 3.46. The van der Waals surface area contributed by atoms with Crippen LogP contribution in [0.15, 0.2) is 24.3 Å². The number of fused-ring (bicyclic) bond motifs is 1. The molecule has 0 radical (unpaired) electrons. The number of carbonyl (C=O) groups excluding carboxylic acids is 1. The maximum absolute atomic E-state index is 12.7. The van der Waals surface area contributed by atoms with Gasteiger partial charge in [-0.1, -0.05) is 24.3 Å². The number of carbonyl (C=O) groups is 1. The van der Waals surface area contributed by atoms with Crippen molar-refractivity contribution in [2.45, 2.75) is 36.3 Å². The van der Waals surface area contributed by atoms with Crippen LogP contribution in [0.1, 0.15) is 36.3 Å². The van der Waals surface area contributed by atoms with E-state index in [-0.39, 0.29) is 24.2 Å². The van der Waals surface area contributed by atoms with Crippen molar-refractivity contribution in [3.63, 3.8) is 0 Å². The number of hydrogen-bond acceptors (Lipinski definition) is 4. The second-order valence-corrected chi connectivity index (χ2v) is 8.99. The zero-order valence-corrected chi connectivity index (χ0v) is 15.5. The van der Waals surface area contributed by atoms with E-state index in [1.807, 2.05) is 12.1 Å². The Morgan fingerprint density at radius 3 is 2.62 bits per heavy atom. The van der Waals surface area contributed by atoms with E-state index in [9.17, 15) is 13.2 Å². The molecule has 0 aromatic heterocycles. The second-order valence-electron chi connectivity index (χ2n) is 6.66. The minimum absolute atomic E-state index is 0. The van der Waals surface area contributed by atoms with Crippen LogP contribution >= 0.6 is 12.4 Å². The number of benzene rings is 1. The van der Waals surface area contributed by atoms with Gasteiger partial charge in [0.2, 0.25) is 5.91 Å². The summed E-state index contributed by atoms with van der Waals surface area (Å²) in [6.45, 7) is 1.64. The summed E-state index contributed by atoms with van der Waals surface area (Å²) in [5.74, 6) is -0.0423. The van der Waals surface area contributed by atoms with Crippen molar-refractivity contribution in [3.05, 3.63) is 35.4 Å². The van der Waals surface area contributed by atoms with Gasteiger partial charge in [-0.25, -0.2) is 8.42 Å². The van der Waals surface area contributed by atoms with E-state index in [2.05, 4.69) is 22.8 Å². The monoisotopic (exact) mass is 372 g/mol. The molecule has 1 heterocycles. The summed E-state index contributed by atoms with van der Waals surface area (Å²) in [6, 6.07) is 8.29. The van der Waals surface area contributed by atoms with Gasteiger partial charge in [-0.15, -0.1) is 12.4 Å². The Morgan fingerprint density at radius 1 is 1.29 bits per heavy atom. The molecule has 1 aromatic rings. The lowest BCUT2D eigenvalue weighted by atomic mass is 9.95. The minimum atomic E-state index is -3.45. The van der Waals surface area contributed by atoms with E-state index in [0.717, 1.165) is 12.8 Å². The molecule has 1 amide bonds. The van der Waals surface area contributed by atoms with E-state index in [4.69, 9.17) is 0 Å². The first kappa shape index (κ1) is 19.2. The van der Waals surface area contributed by atoms with Crippen LogP contribution in [0.4, 0.5) is 0 Å². The van der Waals surface area contributed by atoms with Crippen molar-refractivity contribution < 1.29 is 13.2 Å². The molecule has 24 heavy (non-hydrogen) atoms. The lowest BCUT2D eigenvalue weighted by Crippen LogP contribution is -2.57. The third-order valence-electron chi connectivity index (χ3n) is 5.30. The molecule has 1 saturated heterocycles. The second kappa shape index (κ2) is 7.42. The molecule has 134 valence electrons. The van der Waals surface area contributed by atoms with Crippen LogP contribution in [0.3, 0.4) is 0 Å². The highest BCUT2D eigenvalue weighted by atomic mass is 35.5. The Bertz CT molecular complexity index is 700. The number of halogens is 1. The Balaban J connectivity index is 0.00000208. The summed E-state index contributed by atoms with van der Waals surface area (Å²) >= 11 is 0. The number of piperidine rings is 1. The van der Waals surface area contributed by atoms with E-state index < -0.39 is 14.6 Å². The average molecular weight is 373 g/mol. The highest BCUT2D eigenvalue weighted by Gasteiger charge is 2.48. The van der Waals surface area contributed by atoms with Gasteiger partial charge in [0.25, 0.3) is 0 Å². The first-order valence-corrected chi connectivity index (χ1v) is 10.1. The molecule has 7 heteroatoms. The molecule has 1 atom stereocenters. The van der Waals surface area contributed by atoms with Crippen LogP contribution in [0.25, 0.3) is 0 Å². The highest BCUT2D eigenvalue weighted by molar-refractivity contribution is 7.92. The fourth-order valence-corrected chi connectivity index (χ4v) is 5.19.